The second-order valence-electron chi connectivity index (χ2n) is 12.4. The molecule has 40 heavy (non-hydrogen) atoms. The highest BCUT2D eigenvalue weighted by Gasteiger charge is 2.36. The van der Waals surface area contributed by atoms with Gasteiger partial charge in [0.1, 0.15) is 11.6 Å². The smallest absolute Gasteiger partial charge is 0.319 e. The van der Waals surface area contributed by atoms with E-state index < -0.39 is 23.8 Å². The number of aliphatic hydroxyl groups excluding tert-OH is 1. The second kappa shape index (κ2) is 13.1. The van der Waals surface area contributed by atoms with Crippen molar-refractivity contribution in [2.24, 2.45) is 5.41 Å². The number of nitrogens with zero attached hydrogens (tertiary/aromatic N) is 2. The number of hydrogen-bond acceptors (Lipinski definition) is 4. The van der Waals surface area contributed by atoms with E-state index in [0.29, 0.717) is 5.56 Å². The number of rotatable bonds is 9. The lowest BCUT2D eigenvalue weighted by molar-refractivity contribution is -0.120. The maximum atomic E-state index is 13.8. The number of nitrogens with one attached hydrogen (secondary N) is 2. The first-order valence-electron chi connectivity index (χ1n) is 13.8. The fourth-order valence-corrected chi connectivity index (χ4v) is 5.60. The number of carbonyl (C=O) groups is 2. The lowest BCUT2D eigenvalue weighted by atomic mass is 9.80. The number of likely N-dealkylation sites (N-methyl/N-ethyl adjacent to an activating group) is 1. The van der Waals surface area contributed by atoms with E-state index in [4.69, 9.17) is 0 Å². The van der Waals surface area contributed by atoms with Crippen LogP contribution in [0.15, 0.2) is 36.4 Å². The monoisotopic (exact) mass is 558 g/mol. The molecule has 4 unspecified atom stereocenters. The number of benzene rings is 2. The van der Waals surface area contributed by atoms with Crippen LogP contribution in [0.4, 0.5) is 13.6 Å². The Morgan fingerprint density at radius 3 is 2.27 bits per heavy atom. The predicted molar refractivity (Wildman–Crippen MR) is 153 cm³/mol. The van der Waals surface area contributed by atoms with Crippen molar-refractivity contribution in [1.82, 2.24) is 20.4 Å². The van der Waals surface area contributed by atoms with Gasteiger partial charge < -0.3 is 25.5 Å². The van der Waals surface area contributed by atoms with Gasteiger partial charge in [0.15, 0.2) is 0 Å². The molecular formula is C31H44F2N4O3. The van der Waals surface area contributed by atoms with E-state index in [1.54, 1.807) is 30.9 Å². The maximum Gasteiger partial charge on any atom is 0.319 e. The average Bonchev–Trinajstić information content (AvgIpc) is 2.83. The van der Waals surface area contributed by atoms with Crippen molar-refractivity contribution < 1.29 is 23.5 Å². The third kappa shape index (κ3) is 8.48. The predicted octanol–water partition coefficient (Wildman–Crippen LogP) is 4.22. The van der Waals surface area contributed by atoms with E-state index in [1.807, 2.05) is 0 Å². The van der Waals surface area contributed by atoms with Gasteiger partial charge >= 0.3 is 6.03 Å². The summed E-state index contributed by atoms with van der Waals surface area (Å²) in [6.45, 7) is 8.01. The first-order valence-corrected chi connectivity index (χ1v) is 13.8. The number of aliphatic hydroxyl groups is 1. The zero-order valence-electron chi connectivity index (χ0n) is 24.7. The molecule has 4 atom stereocenters. The van der Waals surface area contributed by atoms with Crippen LogP contribution in [0.25, 0.3) is 0 Å². The molecule has 220 valence electrons. The summed E-state index contributed by atoms with van der Waals surface area (Å²) < 4.78 is 27.6. The molecule has 0 saturated heterocycles. The van der Waals surface area contributed by atoms with Gasteiger partial charge in [-0.05, 0) is 65.5 Å². The summed E-state index contributed by atoms with van der Waals surface area (Å²) in [6.07, 6.45) is 1.45. The third-order valence-electron chi connectivity index (χ3n) is 7.33. The van der Waals surface area contributed by atoms with Crippen LogP contribution in [0, 0.1) is 17.0 Å². The van der Waals surface area contributed by atoms with Crippen LogP contribution < -0.4 is 10.6 Å². The molecule has 0 aliphatic heterocycles. The first kappa shape index (κ1) is 31.5. The van der Waals surface area contributed by atoms with Gasteiger partial charge in [0, 0.05) is 40.7 Å². The van der Waals surface area contributed by atoms with Crippen molar-refractivity contribution in [2.45, 2.75) is 77.6 Å². The van der Waals surface area contributed by atoms with Crippen molar-refractivity contribution in [2.75, 3.05) is 27.7 Å². The number of carbonyl (C=O) groups excluding carboxylic acids is 2. The summed E-state index contributed by atoms with van der Waals surface area (Å²) in [4.78, 5) is 28.2. The van der Waals surface area contributed by atoms with E-state index in [2.05, 4.69) is 49.6 Å². The SMILES string of the molecule is CC(=O)NC(Cc1cc(F)cc(F)c1)C(O)CNC1c2cc(CC(C)(C)C)ccc2CCC1N(C)C(=O)N(C)C. The molecule has 0 radical (unpaired) electrons. The van der Waals surface area contributed by atoms with Gasteiger partial charge in [0.05, 0.1) is 24.2 Å². The zero-order chi connectivity index (χ0) is 29.8. The van der Waals surface area contributed by atoms with Gasteiger partial charge in [-0.3, -0.25) is 4.79 Å². The molecule has 2 aromatic carbocycles. The molecule has 0 aromatic heterocycles. The Bertz CT molecular complexity index is 1180. The summed E-state index contributed by atoms with van der Waals surface area (Å²) in [5, 5.41) is 17.4. The van der Waals surface area contributed by atoms with Gasteiger partial charge in [-0.2, -0.15) is 0 Å². The van der Waals surface area contributed by atoms with Crippen molar-refractivity contribution in [3.63, 3.8) is 0 Å². The van der Waals surface area contributed by atoms with Crippen LogP contribution in [0.2, 0.25) is 0 Å². The second-order valence-corrected chi connectivity index (χ2v) is 12.4. The van der Waals surface area contributed by atoms with E-state index >= 15 is 0 Å². The molecule has 0 bridgehead atoms. The summed E-state index contributed by atoms with van der Waals surface area (Å²) in [5.74, 6) is -1.79. The van der Waals surface area contributed by atoms with Crippen LogP contribution in [-0.4, -0.2) is 72.7 Å². The molecule has 3 rings (SSSR count). The van der Waals surface area contributed by atoms with Gasteiger partial charge in [0.2, 0.25) is 5.91 Å². The maximum absolute atomic E-state index is 13.8. The molecule has 3 amide bonds. The van der Waals surface area contributed by atoms with Gasteiger partial charge in [-0.15, -0.1) is 0 Å². The standard InChI is InChI=1S/C31H44F2N4O3/c1-19(38)35-26(15-21-12-23(32)16-24(33)13-21)28(39)18-34-29-25-14-20(17-31(2,3)4)8-9-22(25)10-11-27(29)37(7)30(40)36(5)6/h8-9,12-14,16,26-29,34,39H,10-11,15,17-18H2,1-7H3,(H,35,38). The fourth-order valence-electron chi connectivity index (χ4n) is 5.60. The lowest BCUT2D eigenvalue weighted by Crippen LogP contribution is -2.53. The van der Waals surface area contributed by atoms with Crippen LogP contribution in [0.5, 0.6) is 0 Å². The van der Waals surface area contributed by atoms with Crippen LogP contribution in [0.1, 0.15) is 62.4 Å². The quantitative estimate of drug-likeness (QED) is 0.430. The van der Waals surface area contributed by atoms with Gasteiger partial charge in [-0.25, -0.2) is 13.6 Å². The van der Waals surface area contributed by atoms with E-state index in [1.165, 1.54) is 30.2 Å². The lowest BCUT2D eigenvalue weighted by Gasteiger charge is -2.41. The van der Waals surface area contributed by atoms with E-state index in [9.17, 15) is 23.5 Å². The molecule has 2 aromatic rings. The summed E-state index contributed by atoms with van der Waals surface area (Å²) >= 11 is 0. The van der Waals surface area contributed by atoms with Gasteiger partial charge in [-0.1, -0.05) is 39.0 Å². The fraction of sp³-hybridized carbons (Fsp3) is 0.548. The minimum absolute atomic E-state index is 0.0521. The molecule has 0 spiro atoms. The van der Waals surface area contributed by atoms with Crippen molar-refractivity contribution >= 4 is 11.9 Å². The van der Waals surface area contributed by atoms with Crippen LogP contribution in [-0.2, 0) is 24.1 Å². The van der Waals surface area contributed by atoms with Crippen molar-refractivity contribution in [3.05, 3.63) is 70.3 Å². The van der Waals surface area contributed by atoms with Crippen LogP contribution in [0.3, 0.4) is 0 Å². The number of urea groups is 1. The van der Waals surface area contributed by atoms with Crippen molar-refractivity contribution in [3.8, 4) is 0 Å². The number of amides is 3. The Balaban J connectivity index is 1.90. The Labute approximate surface area is 236 Å². The Kier molecular flexibility index (Phi) is 10.3. The highest BCUT2D eigenvalue weighted by atomic mass is 19.1. The Hall–Kier alpha value is -3.04. The highest BCUT2D eigenvalue weighted by molar-refractivity contribution is 5.74. The van der Waals surface area contributed by atoms with E-state index in [0.717, 1.165) is 30.9 Å². The van der Waals surface area contributed by atoms with Crippen LogP contribution >= 0.6 is 0 Å². The molecule has 0 fully saturated rings. The van der Waals surface area contributed by atoms with Crippen molar-refractivity contribution in [1.29, 1.82) is 0 Å². The molecule has 1 aliphatic carbocycles. The first-order chi connectivity index (χ1) is 18.6. The Morgan fingerprint density at radius 2 is 1.70 bits per heavy atom. The average molecular weight is 559 g/mol. The molecule has 0 heterocycles. The summed E-state index contributed by atoms with van der Waals surface area (Å²) in [5.41, 5.74) is 3.91. The normalized spacial score (nSPS) is 18.4. The van der Waals surface area contributed by atoms with E-state index in [-0.39, 0.29) is 42.4 Å². The summed E-state index contributed by atoms with van der Waals surface area (Å²) in [6, 6.07) is 8.37. The number of hydrogen-bond donors (Lipinski definition) is 3. The number of halogens is 2. The number of aryl methyl sites for hydroxylation is 1. The molecular weight excluding hydrogens is 514 g/mol. The minimum Gasteiger partial charge on any atom is -0.390 e. The molecule has 9 heteroatoms. The highest BCUT2D eigenvalue weighted by Crippen LogP contribution is 2.35. The largest absolute Gasteiger partial charge is 0.390 e. The van der Waals surface area contributed by atoms with Gasteiger partial charge in [0.25, 0.3) is 0 Å². The minimum atomic E-state index is -1.06. The molecule has 0 saturated carbocycles. The molecule has 7 nitrogen and oxygen atoms in total. The zero-order valence-corrected chi connectivity index (χ0v) is 24.7. The molecule has 3 N–H and O–H groups in total. The topological polar surface area (TPSA) is 84.9 Å². The third-order valence-corrected chi connectivity index (χ3v) is 7.33. The summed E-state index contributed by atoms with van der Waals surface area (Å²) in [7, 11) is 5.23. The molecule has 1 aliphatic rings. The number of fused-ring (bicyclic) bond motifs is 1. The Morgan fingerprint density at radius 1 is 1.05 bits per heavy atom.